The average Bonchev–Trinajstić information content (AvgIpc) is 3.72. The van der Waals surface area contributed by atoms with E-state index in [4.69, 9.17) is 4.74 Å². The second-order valence-electron chi connectivity index (χ2n) is 8.75. The first-order chi connectivity index (χ1) is 19.7. The van der Waals surface area contributed by atoms with Gasteiger partial charge in [-0.15, -0.1) is 0 Å². The largest absolute Gasteiger partial charge is 0.494 e. The second kappa shape index (κ2) is 12.9. The Balaban J connectivity index is 0.00000189. The third-order valence-corrected chi connectivity index (χ3v) is 6.83. The lowest BCUT2D eigenvalue weighted by Gasteiger charge is -2.16. The third kappa shape index (κ3) is 6.71. The number of thioether (sulfide) groups is 1. The average molecular weight is 585 g/mol. The van der Waals surface area contributed by atoms with Crippen LogP contribution < -0.4 is 21.0 Å². The predicted molar refractivity (Wildman–Crippen MR) is 151 cm³/mol. The number of alkyl halides is 2. The van der Waals surface area contributed by atoms with Crippen molar-refractivity contribution >= 4 is 22.8 Å². The number of nitrogens with one attached hydrogen (secondary N) is 2. The fourth-order valence-corrected chi connectivity index (χ4v) is 4.41. The summed E-state index contributed by atoms with van der Waals surface area (Å²) in [5, 5.41) is 6.71. The van der Waals surface area contributed by atoms with Gasteiger partial charge in [0.2, 0.25) is 0 Å². The number of methoxy groups -OCH3 is 1. The number of carbonyl (C=O) groups is 1. The molecule has 0 saturated heterocycles. The topological polar surface area (TPSA) is 111 Å². The summed E-state index contributed by atoms with van der Waals surface area (Å²) in [6, 6.07) is 3.81. The summed E-state index contributed by atoms with van der Waals surface area (Å²) in [6.07, 6.45) is 2.87. The zero-order valence-electron chi connectivity index (χ0n) is 22.7. The van der Waals surface area contributed by atoms with Crippen molar-refractivity contribution < 1.29 is 22.7 Å². The maximum atomic E-state index is 14.4. The molecular weight excluding hydrogens is 557 g/mol. The van der Waals surface area contributed by atoms with E-state index in [1.165, 1.54) is 50.3 Å². The number of hydrogen-bond acceptors (Lipinski definition) is 8. The van der Waals surface area contributed by atoms with Crippen LogP contribution >= 0.6 is 11.8 Å². The quantitative estimate of drug-likeness (QED) is 0.415. The van der Waals surface area contributed by atoms with Gasteiger partial charge >= 0.3 is 0 Å². The summed E-state index contributed by atoms with van der Waals surface area (Å²) < 4.78 is 47.7. The van der Waals surface area contributed by atoms with Crippen molar-refractivity contribution in [1.82, 2.24) is 25.3 Å². The van der Waals surface area contributed by atoms with E-state index in [1.807, 2.05) is 13.8 Å². The van der Waals surface area contributed by atoms with E-state index in [0.717, 1.165) is 29.7 Å². The van der Waals surface area contributed by atoms with Crippen LogP contribution in [0.5, 0.6) is 5.75 Å². The zero-order valence-corrected chi connectivity index (χ0v) is 23.5. The van der Waals surface area contributed by atoms with Crippen molar-refractivity contribution in [3.63, 3.8) is 0 Å². The minimum Gasteiger partial charge on any atom is -0.494 e. The lowest BCUT2D eigenvalue weighted by molar-refractivity contribution is 0.0978. The van der Waals surface area contributed by atoms with Crippen LogP contribution in [0, 0.1) is 30.5 Å². The Kier molecular flexibility index (Phi) is 9.34. The van der Waals surface area contributed by atoms with Gasteiger partial charge in [0.1, 0.15) is 17.3 Å². The summed E-state index contributed by atoms with van der Waals surface area (Å²) in [5.41, 5.74) is 1.66. The molecule has 1 amide bonds. The highest BCUT2D eigenvalue weighted by Crippen LogP contribution is 2.35. The maximum absolute atomic E-state index is 14.4. The smallest absolute Gasteiger partial charge is 0.292 e. The summed E-state index contributed by atoms with van der Waals surface area (Å²) in [5.74, 6) is 5.04. The number of halogens is 3. The van der Waals surface area contributed by atoms with E-state index >= 15 is 0 Å². The molecule has 3 aromatic rings. The van der Waals surface area contributed by atoms with E-state index in [2.05, 4.69) is 37.7 Å². The fourth-order valence-electron chi connectivity index (χ4n) is 3.70. The van der Waals surface area contributed by atoms with Gasteiger partial charge in [0.05, 0.1) is 18.9 Å². The molecule has 0 aromatic carbocycles. The van der Waals surface area contributed by atoms with Gasteiger partial charge in [-0.2, -0.15) is 5.10 Å². The molecule has 0 bridgehead atoms. The molecule has 0 radical (unpaired) electrons. The van der Waals surface area contributed by atoms with Gasteiger partial charge in [0.25, 0.3) is 17.9 Å². The number of rotatable bonds is 5. The van der Waals surface area contributed by atoms with Crippen molar-refractivity contribution in [2.75, 3.05) is 7.11 Å². The Labute approximate surface area is 238 Å². The highest BCUT2D eigenvalue weighted by atomic mass is 32.2. The molecule has 2 aliphatic rings. The van der Waals surface area contributed by atoms with Crippen LogP contribution in [-0.4, -0.2) is 38.1 Å². The monoisotopic (exact) mass is 584 g/mol. The van der Waals surface area contributed by atoms with E-state index in [0.29, 0.717) is 5.92 Å². The normalized spacial score (nSPS) is 15.6. The molecule has 13 heteroatoms. The van der Waals surface area contributed by atoms with Crippen LogP contribution in [0.4, 0.5) is 13.2 Å². The lowest BCUT2D eigenvalue weighted by atomic mass is 10.00. The fraction of sp³-hybridized carbons (Fsp3) is 0.321. The van der Waals surface area contributed by atoms with Crippen molar-refractivity contribution in [3.05, 3.63) is 69.8 Å². The van der Waals surface area contributed by atoms with Gasteiger partial charge in [-0.05, 0) is 55.3 Å². The molecule has 3 aromatic heterocycles. The molecule has 1 saturated carbocycles. The highest BCUT2D eigenvalue weighted by Gasteiger charge is 2.25. The molecule has 9 nitrogen and oxygen atoms in total. The van der Waals surface area contributed by atoms with Crippen LogP contribution in [-0.2, 0) is 0 Å². The molecule has 2 N–H and O–H groups in total. The number of aromatic nitrogens is 3. The second-order valence-corrected chi connectivity index (χ2v) is 9.84. The minimum absolute atomic E-state index is 0.0279. The lowest BCUT2D eigenvalue weighted by Crippen LogP contribution is -2.29. The van der Waals surface area contributed by atoms with Crippen LogP contribution in [0.2, 0.25) is 0 Å². The molecular formula is C28H27F3N6O3S. The van der Waals surface area contributed by atoms with Gasteiger partial charge < -0.3 is 4.74 Å². The number of nitrogens with zero attached hydrogens (tertiary/aromatic N) is 4. The summed E-state index contributed by atoms with van der Waals surface area (Å²) >= 11 is 1.22. The summed E-state index contributed by atoms with van der Waals surface area (Å²) in [6.45, 7) is 5.45. The van der Waals surface area contributed by atoms with Crippen molar-refractivity contribution in [3.8, 4) is 34.5 Å². The van der Waals surface area contributed by atoms with Gasteiger partial charge in [-0.3, -0.25) is 29.9 Å². The number of hydrazone groups is 1. The van der Waals surface area contributed by atoms with E-state index < -0.39 is 29.4 Å². The van der Waals surface area contributed by atoms with Crippen molar-refractivity contribution in [2.24, 2.45) is 11.0 Å². The molecule has 1 unspecified atom stereocenters. The van der Waals surface area contributed by atoms with Crippen molar-refractivity contribution in [1.29, 1.82) is 0 Å². The first kappa shape index (κ1) is 29.7. The first-order valence-electron chi connectivity index (χ1n) is 12.8. The SMILES string of the molecule is CC.COc1cnc(C(F)F)cc1-c1cc(-n2ccc(C)c(F)c2=O)ncc1C(=O)NC1=NNC(C#CC2CC2)S1. The summed E-state index contributed by atoms with van der Waals surface area (Å²) in [4.78, 5) is 33.9. The zero-order chi connectivity index (χ0) is 29.7. The molecule has 41 heavy (non-hydrogen) atoms. The molecule has 0 spiro atoms. The Morgan fingerprint density at radius 3 is 2.63 bits per heavy atom. The maximum Gasteiger partial charge on any atom is 0.292 e. The minimum atomic E-state index is -2.90. The van der Waals surface area contributed by atoms with Crippen LogP contribution in [0.3, 0.4) is 0 Å². The Morgan fingerprint density at radius 1 is 1.20 bits per heavy atom. The molecule has 1 atom stereocenters. The molecule has 1 aliphatic carbocycles. The molecule has 4 heterocycles. The number of amidine groups is 1. The number of amides is 1. The number of pyridine rings is 3. The highest BCUT2D eigenvalue weighted by molar-refractivity contribution is 8.14. The number of ether oxygens (including phenoxy) is 1. The number of carbonyl (C=O) groups excluding carboxylic acids is 1. The van der Waals surface area contributed by atoms with Gasteiger partial charge in [0.15, 0.2) is 16.4 Å². The molecule has 1 aliphatic heterocycles. The Bertz CT molecular complexity index is 1610. The number of aryl methyl sites for hydroxylation is 1. The molecule has 214 valence electrons. The van der Waals surface area contributed by atoms with Crippen molar-refractivity contribution in [2.45, 2.75) is 45.4 Å². The Morgan fingerprint density at radius 2 is 1.95 bits per heavy atom. The van der Waals surface area contributed by atoms with E-state index in [9.17, 15) is 22.8 Å². The predicted octanol–water partition coefficient (Wildman–Crippen LogP) is 4.79. The van der Waals surface area contributed by atoms with E-state index in [1.54, 1.807) is 0 Å². The van der Waals surface area contributed by atoms with Crippen LogP contribution in [0.15, 0.2) is 46.7 Å². The van der Waals surface area contributed by atoms with E-state index in [-0.39, 0.29) is 44.4 Å². The van der Waals surface area contributed by atoms with Crippen LogP contribution in [0.1, 0.15) is 54.7 Å². The van der Waals surface area contributed by atoms with Crippen LogP contribution in [0.25, 0.3) is 16.9 Å². The van der Waals surface area contributed by atoms with Gasteiger partial charge in [-0.25, -0.2) is 18.2 Å². The van der Waals surface area contributed by atoms with Gasteiger partial charge in [0, 0.05) is 29.4 Å². The first-order valence-corrected chi connectivity index (χ1v) is 13.7. The van der Waals surface area contributed by atoms with Gasteiger partial charge in [-0.1, -0.05) is 25.7 Å². The number of hydrogen-bond donors (Lipinski definition) is 2. The Hall–Kier alpha value is -4.31. The molecule has 5 rings (SSSR count). The standard InChI is InChI=1S/C26H21F3N6O3S.C2H6/c1-13-7-8-35(25(37)22(13)27)20-10-15(16-9-18(23(28)29)30-12-19(16)38-2)17(11-31-20)24(36)32-26-34-33-21(39-26)6-5-14-3-4-14;1-2/h7-12,14,21,23,33H,3-4H2,1-2H3,(H,32,34,36);1-2H3. The molecule has 1 fully saturated rings. The third-order valence-electron chi connectivity index (χ3n) is 5.96. The summed E-state index contributed by atoms with van der Waals surface area (Å²) in [7, 11) is 1.32.